The fourth-order valence-electron chi connectivity index (χ4n) is 3.04. The summed E-state index contributed by atoms with van der Waals surface area (Å²) in [6.45, 7) is 9.37. The van der Waals surface area contributed by atoms with Gasteiger partial charge in [0.1, 0.15) is 16.8 Å². The maximum absolute atomic E-state index is 13.9. The lowest BCUT2D eigenvalue weighted by atomic mass is 10.0. The van der Waals surface area contributed by atoms with Gasteiger partial charge in [-0.1, -0.05) is 38.1 Å². The van der Waals surface area contributed by atoms with Crippen LogP contribution in [0, 0.1) is 13.8 Å². The Bertz CT molecular complexity index is 1030. The number of amides is 1. The number of benzene rings is 2. The third-order valence-corrected chi connectivity index (χ3v) is 5.47. The van der Waals surface area contributed by atoms with Crippen molar-refractivity contribution in [2.45, 2.75) is 46.7 Å². The van der Waals surface area contributed by atoms with Crippen molar-refractivity contribution >= 4 is 22.9 Å². The molecule has 1 unspecified atom stereocenters. The maximum atomic E-state index is 13.9. The number of hydrogen-bond donors (Lipinski definition) is 1. The van der Waals surface area contributed by atoms with E-state index >= 15 is 0 Å². The average Bonchev–Trinajstić information content (AvgIpc) is 3.05. The monoisotopic (exact) mass is 412 g/mol. The van der Waals surface area contributed by atoms with E-state index in [-0.39, 0.29) is 16.5 Å². The Hall–Kier alpha value is -2.73. The molecule has 1 amide bonds. The van der Waals surface area contributed by atoms with Gasteiger partial charge >= 0.3 is 0 Å². The molecule has 2 aromatic carbocycles. The lowest BCUT2D eigenvalue weighted by molar-refractivity contribution is 0.102. The van der Waals surface area contributed by atoms with Gasteiger partial charge in [0.2, 0.25) is 0 Å². The molecule has 4 nitrogen and oxygen atoms in total. The highest BCUT2D eigenvalue weighted by Gasteiger charge is 2.22. The number of alkyl halides is 1. The second-order valence-corrected chi connectivity index (χ2v) is 8.51. The van der Waals surface area contributed by atoms with Crippen molar-refractivity contribution in [3.05, 3.63) is 69.2 Å². The predicted molar refractivity (Wildman–Crippen MR) is 116 cm³/mol. The third kappa shape index (κ3) is 4.82. The number of hydrogen-bond acceptors (Lipinski definition) is 4. The molecule has 1 aromatic heterocycles. The molecule has 6 heteroatoms. The average molecular weight is 413 g/mol. The molecule has 29 heavy (non-hydrogen) atoms. The Balaban J connectivity index is 1.91. The molecule has 0 bridgehead atoms. The van der Waals surface area contributed by atoms with E-state index in [1.54, 1.807) is 19.1 Å². The summed E-state index contributed by atoms with van der Waals surface area (Å²) in [5, 5.41) is 3.51. The van der Waals surface area contributed by atoms with E-state index in [2.05, 4.69) is 36.3 Å². The fraction of sp³-hybridized carbons (Fsp3) is 0.304. The molecule has 1 atom stereocenters. The first-order chi connectivity index (χ1) is 13.8. The highest BCUT2D eigenvalue weighted by atomic mass is 32.1. The molecule has 0 radical (unpaired) electrons. The van der Waals surface area contributed by atoms with Crippen LogP contribution in [0.25, 0.3) is 0 Å². The Kier molecular flexibility index (Phi) is 6.33. The topological polar surface area (TPSA) is 51.2 Å². The number of anilines is 1. The predicted octanol–water partition coefficient (Wildman–Crippen LogP) is 6.96. The number of para-hydroxylation sites is 2. The lowest BCUT2D eigenvalue weighted by Gasteiger charge is -2.17. The largest absolute Gasteiger partial charge is 0.455 e. The summed E-state index contributed by atoms with van der Waals surface area (Å²) in [5.74, 6) is 1.19. The molecule has 152 valence electrons. The minimum atomic E-state index is -1.31. The molecule has 1 heterocycles. The van der Waals surface area contributed by atoms with Crippen molar-refractivity contribution < 1.29 is 13.9 Å². The van der Waals surface area contributed by atoms with Crippen LogP contribution in [0.1, 0.15) is 64.4 Å². The van der Waals surface area contributed by atoms with Gasteiger partial charge in [-0.2, -0.15) is 0 Å². The second kappa shape index (κ2) is 8.74. The van der Waals surface area contributed by atoms with E-state index in [9.17, 15) is 9.18 Å². The fourth-order valence-corrected chi connectivity index (χ4v) is 3.93. The van der Waals surface area contributed by atoms with Gasteiger partial charge < -0.3 is 10.1 Å². The van der Waals surface area contributed by atoms with Crippen LogP contribution in [0.15, 0.2) is 42.5 Å². The minimum Gasteiger partial charge on any atom is -0.455 e. The van der Waals surface area contributed by atoms with Crippen molar-refractivity contribution in [3.63, 3.8) is 0 Å². The molecule has 1 N–H and O–H groups in total. The number of ether oxygens (including phenoxy) is 1. The van der Waals surface area contributed by atoms with Gasteiger partial charge in [-0.15, -0.1) is 11.3 Å². The summed E-state index contributed by atoms with van der Waals surface area (Å²) in [6, 6.07) is 13.3. The Morgan fingerprint density at radius 3 is 2.52 bits per heavy atom. The normalized spacial score (nSPS) is 12.1. The number of carbonyl (C=O) groups excluding carboxylic acids is 1. The Labute approximate surface area is 174 Å². The van der Waals surface area contributed by atoms with Gasteiger partial charge in [0.05, 0.1) is 16.4 Å². The summed E-state index contributed by atoms with van der Waals surface area (Å²) in [7, 11) is 0. The molecule has 0 saturated heterocycles. The van der Waals surface area contributed by atoms with E-state index in [1.165, 1.54) is 18.3 Å². The zero-order valence-electron chi connectivity index (χ0n) is 17.2. The molecule has 0 spiro atoms. The molecule has 0 fully saturated rings. The van der Waals surface area contributed by atoms with Crippen LogP contribution >= 0.6 is 11.3 Å². The van der Waals surface area contributed by atoms with Crippen LogP contribution in [0.2, 0.25) is 0 Å². The number of rotatable bonds is 6. The number of carbonyl (C=O) groups is 1. The van der Waals surface area contributed by atoms with Crippen molar-refractivity contribution in [3.8, 4) is 11.5 Å². The minimum absolute atomic E-state index is 0.171. The Morgan fingerprint density at radius 1 is 1.10 bits per heavy atom. The highest BCUT2D eigenvalue weighted by Crippen LogP contribution is 2.35. The van der Waals surface area contributed by atoms with Gasteiger partial charge in [-0.05, 0) is 56.0 Å². The maximum Gasteiger partial charge on any atom is 0.267 e. The first-order valence-corrected chi connectivity index (χ1v) is 10.4. The van der Waals surface area contributed by atoms with Crippen LogP contribution in [0.5, 0.6) is 11.5 Å². The Morgan fingerprint density at radius 2 is 1.83 bits per heavy atom. The van der Waals surface area contributed by atoms with Crippen LogP contribution in [-0.2, 0) is 0 Å². The zero-order chi connectivity index (χ0) is 21.1. The summed E-state index contributed by atoms with van der Waals surface area (Å²) in [5.41, 5.74) is 2.87. The molecule has 0 aliphatic rings. The van der Waals surface area contributed by atoms with Gasteiger partial charge in [-0.25, -0.2) is 9.37 Å². The number of nitrogens with zero attached hydrogens (tertiary/aromatic N) is 1. The highest BCUT2D eigenvalue weighted by molar-refractivity contribution is 7.13. The molecule has 0 aliphatic carbocycles. The van der Waals surface area contributed by atoms with Crippen molar-refractivity contribution in [2.75, 3.05) is 5.32 Å². The smallest absolute Gasteiger partial charge is 0.267 e. The van der Waals surface area contributed by atoms with E-state index < -0.39 is 6.17 Å². The number of aryl methyl sites for hydroxylation is 2. The van der Waals surface area contributed by atoms with Gasteiger partial charge in [0.15, 0.2) is 5.75 Å². The molecule has 3 aromatic rings. The quantitative estimate of drug-likeness (QED) is 0.476. The van der Waals surface area contributed by atoms with Gasteiger partial charge in [0, 0.05) is 0 Å². The lowest BCUT2D eigenvalue weighted by Crippen LogP contribution is -2.13. The van der Waals surface area contributed by atoms with E-state index in [4.69, 9.17) is 4.74 Å². The third-order valence-electron chi connectivity index (χ3n) is 4.49. The second-order valence-electron chi connectivity index (χ2n) is 7.31. The molecule has 3 rings (SSSR count). The van der Waals surface area contributed by atoms with Crippen LogP contribution < -0.4 is 10.1 Å². The number of thiazole rings is 1. The molecule has 0 saturated carbocycles. The summed E-state index contributed by atoms with van der Waals surface area (Å²) >= 11 is 1.18. The number of aromatic nitrogens is 1. The van der Waals surface area contributed by atoms with Gasteiger partial charge in [-0.3, -0.25) is 4.79 Å². The summed E-state index contributed by atoms with van der Waals surface area (Å²) < 4.78 is 20.1. The van der Waals surface area contributed by atoms with E-state index in [0.717, 1.165) is 16.9 Å². The first-order valence-electron chi connectivity index (χ1n) is 9.56. The first kappa shape index (κ1) is 21.0. The molecular formula is C23H25FN2O2S. The van der Waals surface area contributed by atoms with Crippen molar-refractivity contribution in [2.24, 2.45) is 0 Å². The zero-order valence-corrected chi connectivity index (χ0v) is 18.1. The molecule has 0 aliphatic heterocycles. The summed E-state index contributed by atoms with van der Waals surface area (Å²) in [4.78, 5) is 17.3. The van der Waals surface area contributed by atoms with Crippen molar-refractivity contribution in [1.29, 1.82) is 0 Å². The van der Waals surface area contributed by atoms with Gasteiger partial charge in [0.25, 0.3) is 5.91 Å². The summed E-state index contributed by atoms with van der Waals surface area (Å²) in [6.07, 6.45) is -1.31. The van der Waals surface area contributed by atoms with Crippen LogP contribution in [0.4, 0.5) is 10.1 Å². The van der Waals surface area contributed by atoms with E-state index in [0.29, 0.717) is 22.4 Å². The number of nitrogens with one attached hydrogen (secondary N) is 1. The standard InChI is InChI=1S/C23H25FN2O2S/c1-13(2)17-11-10-14(3)12-20(17)28-19-9-7-6-8-18(19)26-23(27)22-21(15(4)24)25-16(5)29-22/h6-13,15H,1-5H3,(H,26,27). The SMILES string of the molecule is Cc1ccc(C(C)C)c(Oc2ccccc2NC(=O)c2sc(C)nc2C(C)F)c1. The van der Waals surface area contributed by atoms with Crippen LogP contribution in [-0.4, -0.2) is 10.9 Å². The molecular weight excluding hydrogens is 387 g/mol. The van der Waals surface area contributed by atoms with Crippen LogP contribution in [0.3, 0.4) is 0 Å². The number of halogens is 1. The van der Waals surface area contributed by atoms with E-state index in [1.807, 2.05) is 25.1 Å². The van der Waals surface area contributed by atoms with Crippen molar-refractivity contribution in [1.82, 2.24) is 4.98 Å².